The first-order valence-corrected chi connectivity index (χ1v) is 6.03. The Balaban J connectivity index is 2.61. The standard InChI is InChI=1S/C15H10F4O3/c1-21-10-3-5-13(16)12(7-10)11-4-2-9(8-20)6-14(11)22-15(17,18)19/h2-8H,1H3. The predicted octanol–water partition coefficient (Wildman–Crippen LogP) is 4.21. The molecular formula is C15H10F4O3. The summed E-state index contributed by atoms with van der Waals surface area (Å²) in [5, 5.41) is 0. The highest BCUT2D eigenvalue weighted by Crippen LogP contribution is 2.37. The Labute approximate surface area is 123 Å². The van der Waals surface area contributed by atoms with Crippen molar-refractivity contribution in [2.75, 3.05) is 7.11 Å². The Hall–Kier alpha value is -2.57. The molecule has 0 fully saturated rings. The average molecular weight is 314 g/mol. The summed E-state index contributed by atoms with van der Waals surface area (Å²) in [6.07, 6.45) is -4.60. The van der Waals surface area contributed by atoms with Gasteiger partial charge < -0.3 is 9.47 Å². The van der Waals surface area contributed by atoms with Crippen molar-refractivity contribution in [3.8, 4) is 22.6 Å². The second-order valence-corrected chi connectivity index (χ2v) is 4.27. The summed E-state index contributed by atoms with van der Waals surface area (Å²) < 4.78 is 60.2. The highest BCUT2D eigenvalue weighted by atomic mass is 19.4. The third kappa shape index (κ3) is 3.55. The molecule has 2 rings (SSSR count). The fourth-order valence-electron chi connectivity index (χ4n) is 1.88. The van der Waals surface area contributed by atoms with Gasteiger partial charge in [-0.3, -0.25) is 4.79 Å². The van der Waals surface area contributed by atoms with E-state index in [1.165, 1.54) is 31.4 Å². The van der Waals surface area contributed by atoms with Gasteiger partial charge in [-0.15, -0.1) is 13.2 Å². The zero-order chi connectivity index (χ0) is 16.3. The number of aldehydes is 1. The van der Waals surface area contributed by atoms with E-state index < -0.39 is 17.9 Å². The van der Waals surface area contributed by atoms with Crippen molar-refractivity contribution in [2.24, 2.45) is 0 Å². The minimum Gasteiger partial charge on any atom is -0.497 e. The molecule has 0 aliphatic rings. The first kappa shape index (κ1) is 15.8. The summed E-state index contributed by atoms with van der Waals surface area (Å²) in [6.45, 7) is 0. The number of carbonyl (C=O) groups is 1. The number of halogens is 4. The zero-order valence-electron chi connectivity index (χ0n) is 11.3. The minimum absolute atomic E-state index is 0.0219. The van der Waals surface area contributed by atoms with E-state index in [0.29, 0.717) is 6.29 Å². The highest BCUT2D eigenvalue weighted by molar-refractivity contribution is 5.80. The van der Waals surface area contributed by atoms with E-state index in [1.54, 1.807) is 0 Å². The van der Waals surface area contributed by atoms with Crippen LogP contribution in [-0.2, 0) is 0 Å². The van der Waals surface area contributed by atoms with Crippen molar-refractivity contribution in [3.05, 3.63) is 47.8 Å². The van der Waals surface area contributed by atoms with Gasteiger partial charge in [-0.1, -0.05) is 6.07 Å². The van der Waals surface area contributed by atoms with Gasteiger partial charge in [-0.2, -0.15) is 0 Å². The molecule has 0 aliphatic heterocycles. The molecule has 22 heavy (non-hydrogen) atoms. The first-order chi connectivity index (χ1) is 10.3. The lowest BCUT2D eigenvalue weighted by atomic mass is 10.0. The third-order valence-electron chi connectivity index (χ3n) is 2.83. The quantitative estimate of drug-likeness (QED) is 0.626. The summed E-state index contributed by atoms with van der Waals surface area (Å²) in [4.78, 5) is 10.7. The summed E-state index contributed by atoms with van der Waals surface area (Å²) in [5.41, 5.74) is -0.290. The molecule has 0 aromatic heterocycles. The summed E-state index contributed by atoms with van der Waals surface area (Å²) in [7, 11) is 1.35. The van der Waals surface area contributed by atoms with Gasteiger partial charge in [0.05, 0.1) is 7.11 Å². The molecule has 0 spiro atoms. The maximum Gasteiger partial charge on any atom is 0.573 e. The molecule has 0 radical (unpaired) electrons. The van der Waals surface area contributed by atoms with Crippen LogP contribution in [0.2, 0.25) is 0 Å². The molecule has 0 atom stereocenters. The SMILES string of the molecule is COc1ccc(F)c(-c2ccc(C=O)cc2OC(F)(F)F)c1. The van der Waals surface area contributed by atoms with E-state index in [0.717, 1.165) is 12.1 Å². The van der Waals surface area contributed by atoms with Crippen LogP contribution in [0.1, 0.15) is 10.4 Å². The van der Waals surface area contributed by atoms with Crippen molar-refractivity contribution in [3.63, 3.8) is 0 Å². The van der Waals surface area contributed by atoms with Crippen molar-refractivity contribution in [2.45, 2.75) is 6.36 Å². The lowest BCUT2D eigenvalue weighted by Gasteiger charge is -2.15. The monoisotopic (exact) mass is 314 g/mol. The Morgan fingerprint density at radius 2 is 1.77 bits per heavy atom. The van der Waals surface area contributed by atoms with Gasteiger partial charge in [0, 0.05) is 16.7 Å². The number of hydrogen-bond acceptors (Lipinski definition) is 3. The molecule has 0 heterocycles. The fourth-order valence-corrected chi connectivity index (χ4v) is 1.88. The summed E-state index contributed by atoms with van der Waals surface area (Å²) in [5.74, 6) is -1.13. The van der Waals surface area contributed by atoms with Crippen LogP contribution >= 0.6 is 0 Å². The van der Waals surface area contributed by atoms with Crippen LogP contribution in [0.15, 0.2) is 36.4 Å². The number of hydrogen-bond donors (Lipinski definition) is 0. The predicted molar refractivity (Wildman–Crippen MR) is 70.5 cm³/mol. The van der Waals surface area contributed by atoms with Gasteiger partial charge in [0.2, 0.25) is 0 Å². The Kier molecular flexibility index (Phi) is 4.35. The van der Waals surface area contributed by atoms with Crippen molar-refractivity contribution >= 4 is 6.29 Å². The van der Waals surface area contributed by atoms with Crippen LogP contribution in [0.4, 0.5) is 17.6 Å². The number of benzene rings is 2. The molecule has 7 heteroatoms. The molecule has 0 N–H and O–H groups in total. The van der Waals surface area contributed by atoms with E-state index in [9.17, 15) is 22.4 Å². The molecule has 116 valence electrons. The Bertz CT molecular complexity index is 696. The van der Waals surface area contributed by atoms with Crippen LogP contribution in [0.25, 0.3) is 11.1 Å². The maximum atomic E-state index is 13.9. The van der Waals surface area contributed by atoms with Crippen LogP contribution in [0.3, 0.4) is 0 Å². The molecule has 2 aromatic carbocycles. The van der Waals surface area contributed by atoms with Gasteiger partial charge in [0.15, 0.2) is 0 Å². The van der Waals surface area contributed by atoms with Crippen LogP contribution in [0, 0.1) is 5.82 Å². The van der Waals surface area contributed by atoms with Crippen LogP contribution < -0.4 is 9.47 Å². The topological polar surface area (TPSA) is 35.5 Å². The van der Waals surface area contributed by atoms with Gasteiger partial charge in [-0.25, -0.2) is 4.39 Å². The molecule has 3 nitrogen and oxygen atoms in total. The van der Waals surface area contributed by atoms with Crippen molar-refractivity contribution in [1.82, 2.24) is 0 Å². The maximum absolute atomic E-state index is 13.9. The number of alkyl halides is 3. The Morgan fingerprint density at radius 3 is 2.36 bits per heavy atom. The van der Waals surface area contributed by atoms with Crippen molar-refractivity contribution < 1.29 is 31.8 Å². The Morgan fingerprint density at radius 1 is 1.05 bits per heavy atom. The summed E-state index contributed by atoms with van der Waals surface area (Å²) in [6, 6.07) is 7.00. The second-order valence-electron chi connectivity index (χ2n) is 4.27. The van der Waals surface area contributed by atoms with Gasteiger partial charge in [0.25, 0.3) is 0 Å². The van der Waals surface area contributed by atoms with Gasteiger partial charge >= 0.3 is 6.36 Å². The van der Waals surface area contributed by atoms with Gasteiger partial charge in [0.1, 0.15) is 23.6 Å². The fraction of sp³-hybridized carbons (Fsp3) is 0.133. The molecule has 0 unspecified atom stereocenters. The van der Waals surface area contributed by atoms with E-state index in [2.05, 4.69) is 4.74 Å². The van der Waals surface area contributed by atoms with Gasteiger partial charge in [-0.05, 0) is 30.3 Å². The number of ether oxygens (including phenoxy) is 2. The van der Waals surface area contributed by atoms with Crippen molar-refractivity contribution in [1.29, 1.82) is 0 Å². The lowest BCUT2D eigenvalue weighted by Crippen LogP contribution is -2.18. The summed E-state index contributed by atoms with van der Waals surface area (Å²) >= 11 is 0. The molecule has 0 bridgehead atoms. The average Bonchev–Trinajstić information content (AvgIpc) is 2.46. The molecule has 0 aliphatic carbocycles. The minimum atomic E-state index is -4.97. The smallest absolute Gasteiger partial charge is 0.497 e. The number of methoxy groups -OCH3 is 1. The van der Waals surface area contributed by atoms with E-state index in [1.807, 2.05) is 0 Å². The molecule has 0 saturated heterocycles. The van der Waals surface area contributed by atoms with E-state index in [4.69, 9.17) is 4.74 Å². The molecular weight excluding hydrogens is 304 g/mol. The lowest BCUT2D eigenvalue weighted by molar-refractivity contribution is -0.274. The molecule has 0 amide bonds. The number of rotatable bonds is 4. The zero-order valence-corrected chi connectivity index (χ0v) is 11.3. The van der Waals surface area contributed by atoms with Crippen LogP contribution in [-0.4, -0.2) is 19.8 Å². The van der Waals surface area contributed by atoms with Crippen LogP contribution in [0.5, 0.6) is 11.5 Å². The highest BCUT2D eigenvalue weighted by Gasteiger charge is 2.32. The largest absolute Gasteiger partial charge is 0.573 e. The normalized spacial score (nSPS) is 11.1. The molecule has 2 aromatic rings. The van der Waals surface area contributed by atoms with E-state index >= 15 is 0 Å². The number of carbonyl (C=O) groups excluding carboxylic acids is 1. The second kappa shape index (κ2) is 6.05. The first-order valence-electron chi connectivity index (χ1n) is 6.03. The van der Waals surface area contributed by atoms with E-state index in [-0.39, 0.29) is 22.4 Å². The molecule has 0 saturated carbocycles. The third-order valence-corrected chi connectivity index (χ3v) is 2.83.